The van der Waals surface area contributed by atoms with Gasteiger partial charge in [-0.2, -0.15) is 0 Å². The average Bonchev–Trinajstić information content (AvgIpc) is 2.14. The van der Waals surface area contributed by atoms with Gasteiger partial charge in [0.05, 0.1) is 5.69 Å². The summed E-state index contributed by atoms with van der Waals surface area (Å²) in [5.41, 5.74) is 1.11. The summed E-state index contributed by atoms with van der Waals surface area (Å²) in [4.78, 5) is 4.21. The van der Waals surface area contributed by atoms with Gasteiger partial charge >= 0.3 is 0 Å². The molecule has 1 N–H and O–H groups in total. The van der Waals surface area contributed by atoms with Crippen molar-refractivity contribution in [2.75, 3.05) is 12.7 Å². The molecule has 0 saturated heterocycles. The standard InChI is InChI=1S/C9H15N2P/c12-7-3-5-10-8-9-4-1-2-6-11-9/h1-2,4,6,10H,3,5,7-8,12H2. The van der Waals surface area contributed by atoms with Crippen molar-refractivity contribution < 1.29 is 0 Å². The van der Waals surface area contributed by atoms with Gasteiger partial charge in [0.1, 0.15) is 0 Å². The van der Waals surface area contributed by atoms with Crippen molar-refractivity contribution in [1.29, 1.82) is 0 Å². The minimum Gasteiger partial charge on any atom is -0.311 e. The average molecular weight is 182 g/mol. The van der Waals surface area contributed by atoms with Crippen LogP contribution in [-0.4, -0.2) is 17.7 Å². The molecule has 1 unspecified atom stereocenters. The second kappa shape index (κ2) is 6.10. The fourth-order valence-electron chi connectivity index (χ4n) is 0.946. The molecule has 2 nitrogen and oxygen atoms in total. The first-order chi connectivity index (χ1) is 5.93. The Hall–Kier alpha value is -0.460. The molecule has 66 valence electrons. The molecular formula is C9H15N2P. The van der Waals surface area contributed by atoms with E-state index in [-0.39, 0.29) is 0 Å². The first-order valence-electron chi connectivity index (χ1n) is 4.24. The largest absolute Gasteiger partial charge is 0.311 e. The number of pyridine rings is 1. The lowest BCUT2D eigenvalue weighted by molar-refractivity contribution is 0.667. The second-order valence-corrected chi connectivity index (χ2v) is 3.22. The third kappa shape index (κ3) is 3.80. The van der Waals surface area contributed by atoms with Gasteiger partial charge in [-0.3, -0.25) is 4.98 Å². The van der Waals surface area contributed by atoms with Gasteiger partial charge in [0.25, 0.3) is 0 Å². The monoisotopic (exact) mass is 182 g/mol. The molecule has 0 radical (unpaired) electrons. The van der Waals surface area contributed by atoms with Gasteiger partial charge in [-0.05, 0) is 31.3 Å². The van der Waals surface area contributed by atoms with E-state index in [0.29, 0.717) is 0 Å². The van der Waals surface area contributed by atoms with E-state index in [0.717, 1.165) is 24.9 Å². The maximum absolute atomic E-state index is 4.21. The maximum Gasteiger partial charge on any atom is 0.0541 e. The first kappa shape index (κ1) is 9.63. The fraction of sp³-hybridized carbons (Fsp3) is 0.444. The van der Waals surface area contributed by atoms with Crippen LogP contribution in [0.1, 0.15) is 12.1 Å². The maximum atomic E-state index is 4.21. The Morgan fingerprint density at radius 2 is 2.33 bits per heavy atom. The van der Waals surface area contributed by atoms with Crippen LogP contribution in [0.3, 0.4) is 0 Å². The van der Waals surface area contributed by atoms with E-state index in [1.165, 1.54) is 6.42 Å². The number of hydrogen-bond donors (Lipinski definition) is 1. The summed E-state index contributed by atoms with van der Waals surface area (Å²) in [5.74, 6) is 0. The molecule has 1 heterocycles. The number of rotatable bonds is 5. The summed E-state index contributed by atoms with van der Waals surface area (Å²) >= 11 is 0. The molecule has 12 heavy (non-hydrogen) atoms. The Bertz CT molecular complexity index is 201. The van der Waals surface area contributed by atoms with Gasteiger partial charge in [-0.1, -0.05) is 6.07 Å². The van der Waals surface area contributed by atoms with Gasteiger partial charge in [0.2, 0.25) is 0 Å². The zero-order valence-corrected chi connectivity index (χ0v) is 8.32. The molecule has 1 rings (SSSR count). The fourth-order valence-corrected chi connectivity index (χ4v) is 1.15. The Kier molecular flexibility index (Phi) is 4.89. The summed E-state index contributed by atoms with van der Waals surface area (Å²) < 4.78 is 0. The summed E-state index contributed by atoms with van der Waals surface area (Å²) in [6, 6.07) is 5.99. The third-order valence-electron chi connectivity index (χ3n) is 1.59. The third-order valence-corrected chi connectivity index (χ3v) is 2.00. The van der Waals surface area contributed by atoms with Crippen molar-refractivity contribution in [2.24, 2.45) is 0 Å². The van der Waals surface area contributed by atoms with Crippen molar-refractivity contribution in [3.8, 4) is 0 Å². The molecule has 3 heteroatoms. The van der Waals surface area contributed by atoms with Gasteiger partial charge in [0, 0.05) is 12.7 Å². The van der Waals surface area contributed by atoms with E-state index >= 15 is 0 Å². The van der Waals surface area contributed by atoms with Gasteiger partial charge in [-0.15, -0.1) is 9.24 Å². The zero-order valence-electron chi connectivity index (χ0n) is 7.16. The highest BCUT2D eigenvalue weighted by molar-refractivity contribution is 7.16. The predicted octanol–water partition coefficient (Wildman–Crippen LogP) is 1.44. The van der Waals surface area contributed by atoms with Crippen LogP contribution in [0.4, 0.5) is 0 Å². The molecule has 0 aliphatic heterocycles. The Morgan fingerprint density at radius 1 is 1.42 bits per heavy atom. The lowest BCUT2D eigenvalue weighted by Gasteiger charge is -2.01. The number of hydrogen-bond acceptors (Lipinski definition) is 2. The predicted molar refractivity (Wildman–Crippen MR) is 55.1 cm³/mol. The van der Waals surface area contributed by atoms with E-state index < -0.39 is 0 Å². The summed E-state index contributed by atoms with van der Waals surface area (Å²) in [6.07, 6.45) is 4.19. The van der Waals surface area contributed by atoms with Crippen molar-refractivity contribution in [3.05, 3.63) is 30.1 Å². The smallest absolute Gasteiger partial charge is 0.0541 e. The van der Waals surface area contributed by atoms with Gasteiger partial charge < -0.3 is 5.32 Å². The van der Waals surface area contributed by atoms with Crippen LogP contribution in [-0.2, 0) is 6.54 Å². The van der Waals surface area contributed by atoms with Crippen LogP contribution < -0.4 is 5.32 Å². The molecule has 0 saturated carbocycles. The molecule has 0 aromatic carbocycles. The molecule has 1 aromatic heterocycles. The summed E-state index contributed by atoms with van der Waals surface area (Å²) in [7, 11) is 2.72. The number of nitrogens with one attached hydrogen (secondary N) is 1. The first-order valence-corrected chi connectivity index (χ1v) is 5.06. The van der Waals surface area contributed by atoms with Crippen LogP contribution >= 0.6 is 9.24 Å². The number of nitrogens with zero attached hydrogens (tertiary/aromatic N) is 1. The van der Waals surface area contributed by atoms with Crippen LogP contribution in [0, 0.1) is 0 Å². The van der Waals surface area contributed by atoms with E-state index in [1.807, 2.05) is 24.4 Å². The SMILES string of the molecule is PCCCNCc1ccccn1. The molecule has 0 amide bonds. The van der Waals surface area contributed by atoms with E-state index in [9.17, 15) is 0 Å². The topological polar surface area (TPSA) is 24.9 Å². The van der Waals surface area contributed by atoms with Crippen molar-refractivity contribution >= 4 is 9.24 Å². The highest BCUT2D eigenvalue weighted by atomic mass is 31.0. The van der Waals surface area contributed by atoms with Gasteiger partial charge in [-0.25, -0.2) is 0 Å². The molecule has 0 spiro atoms. The Balaban J connectivity index is 2.16. The van der Waals surface area contributed by atoms with E-state index in [1.54, 1.807) is 0 Å². The lowest BCUT2D eigenvalue weighted by Crippen LogP contribution is -2.15. The minimum atomic E-state index is 0.880. The Labute approximate surface area is 76.0 Å². The molecule has 1 aromatic rings. The highest BCUT2D eigenvalue weighted by Crippen LogP contribution is 1.92. The molecule has 0 aliphatic carbocycles. The molecule has 0 bridgehead atoms. The molecule has 1 atom stereocenters. The highest BCUT2D eigenvalue weighted by Gasteiger charge is 1.90. The van der Waals surface area contributed by atoms with Crippen LogP contribution in [0.15, 0.2) is 24.4 Å². The summed E-state index contributed by atoms with van der Waals surface area (Å²) in [5, 5.41) is 3.33. The second-order valence-electron chi connectivity index (χ2n) is 2.64. The summed E-state index contributed by atoms with van der Waals surface area (Å²) in [6.45, 7) is 1.95. The van der Waals surface area contributed by atoms with Crippen molar-refractivity contribution in [3.63, 3.8) is 0 Å². The van der Waals surface area contributed by atoms with Crippen molar-refractivity contribution in [1.82, 2.24) is 10.3 Å². The van der Waals surface area contributed by atoms with Crippen LogP contribution in [0.5, 0.6) is 0 Å². The Morgan fingerprint density at radius 3 is 3.00 bits per heavy atom. The molecular weight excluding hydrogens is 167 g/mol. The normalized spacial score (nSPS) is 10.1. The van der Waals surface area contributed by atoms with Crippen molar-refractivity contribution in [2.45, 2.75) is 13.0 Å². The van der Waals surface area contributed by atoms with E-state index in [4.69, 9.17) is 0 Å². The lowest BCUT2D eigenvalue weighted by atomic mass is 10.3. The zero-order chi connectivity index (χ0) is 8.65. The molecule has 0 aliphatic rings. The van der Waals surface area contributed by atoms with E-state index in [2.05, 4.69) is 19.5 Å². The van der Waals surface area contributed by atoms with Crippen LogP contribution in [0.25, 0.3) is 0 Å². The number of aromatic nitrogens is 1. The molecule has 0 fully saturated rings. The minimum absolute atomic E-state index is 0.880. The van der Waals surface area contributed by atoms with Gasteiger partial charge in [0.15, 0.2) is 0 Å². The van der Waals surface area contributed by atoms with Crippen LogP contribution in [0.2, 0.25) is 0 Å². The quantitative estimate of drug-likeness (QED) is 0.550.